The Morgan fingerprint density at radius 2 is 1.67 bits per heavy atom. The van der Waals surface area contributed by atoms with E-state index in [0.29, 0.717) is 34.9 Å². The van der Waals surface area contributed by atoms with E-state index in [0.717, 1.165) is 0 Å². The number of carbonyl (C=O) groups excluding carboxylic acids is 1. The SMILES string of the molecule is O=C(Nc1ccc2c(c1)OCCO2)c1ccccc1NS(=O)(=O)c1cccc(Br)c1. The van der Waals surface area contributed by atoms with Gasteiger partial charge in [-0.25, -0.2) is 8.42 Å². The molecule has 7 nitrogen and oxygen atoms in total. The molecule has 1 amide bonds. The number of hydrogen-bond acceptors (Lipinski definition) is 5. The molecular weight excluding hydrogens is 472 g/mol. The Morgan fingerprint density at radius 3 is 2.47 bits per heavy atom. The van der Waals surface area contributed by atoms with Gasteiger partial charge in [0.25, 0.3) is 15.9 Å². The normalized spacial score (nSPS) is 12.8. The van der Waals surface area contributed by atoms with Gasteiger partial charge in [-0.05, 0) is 42.5 Å². The zero-order chi connectivity index (χ0) is 21.1. The Kier molecular flexibility index (Phi) is 5.65. The van der Waals surface area contributed by atoms with E-state index >= 15 is 0 Å². The van der Waals surface area contributed by atoms with E-state index in [4.69, 9.17) is 9.47 Å². The number of sulfonamides is 1. The highest BCUT2D eigenvalue weighted by Crippen LogP contribution is 2.33. The fraction of sp³-hybridized carbons (Fsp3) is 0.0952. The van der Waals surface area contributed by atoms with E-state index in [1.807, 2.05) is 0 Å². The zero-order valence-corrected chi connectivity index (χ0v) is 18.0. The maximum absolute atomic E-state index is 12.9. The molecule has 0 aliphatic carbocycles. The number of halogens is 1. The average Bonchev–Trinajstić information content (AvgIpc) is 2.74. The summed E-state index contributed by atoms with van der Waals surface area (Å²) in [5.74, 6) is 0.698. The highest BCUT2D eigenvalue weighted by atomic mass is 79.9. The van der Waals surface area contributed by atoms with Gasteiger partial charge in [0.2, 0.25) is 0 Å². The number of carbonyl (C=O) groups is 1. The standard InChI is InChI=1S/C21H17BrN2O5S/c22-14-4-3-5-16(12-14)30(26,27)24-18-7-2-1-6-17(18)21(25)23-15-8-9-19-20(13-15)29-11-10-28-19/h1-9,12-13,24H,10-11H2,(H,23,25). The summed E-state index contributed by atoms with van der Waals surface area (Å²) < 4.78 is 39.6. The number of rotatable bonds is 5. The average molecular weight is 489 g/mol. The predicted octanol–water partition coefficient (Wildman–Crippen LogP) is 4.27. The molecule has 4 rings (SSSR count). The molecule has 0 radical (unpaired) electrons. The van der Waals surface area contributed by atoms with Crippen LogP contribution in [0.2, 0.25) is 0 Å². The monoisotopic (exact) mass is 488 g/mol. The summed E-state index contributed by atoms with van der Waals surface area (Å²) in [7, 11) is -3.87. The van der Waals surface area contributed by atoms with E-state index in [2.05, 4.69) is 26.0 Å². The fourth-order valence-electron chi connectivity index (χ4n) is 2.93. The Bertz CT molecular complexity index is 1210. The van der Waals surface area contributed by atoms with E-state index in [-0.39, 0.29) is 16.1 Å². The smallest absolute Gasteiger partial charge is 0.261 e. The van der Waals surface area contributed by atoms with Gasteiger partial charge in [-0.2, -0.15) is 0 Å². The lowest BCUT2D eigenvalue weighted by atomic mass is 10.1. The van der Waals surface area contributed by atoms with Crippen molar-refractivity contribution in [3.8, 4) is 11.5 Å². The summed E-state index contributed by atoms with van der Waals surface area (Å²) >= 11 is 3.27. The molecule has 0 fully saturated rings. The minimum absolute atomic E-state index is 0.0823. The first-order valence-electron chi connectivity index (χ1n) is 9.01. The van der Waals surface area contributed by atoms with E-state index in [1.165, 1.54) is 18.2 Å². The summed E-state index contributed by atoms with van der Waals surface area (Å²) in [4.78, 5) is 12.9. The molecule has 30 heavy (non-hydrogen) atoms. The van der Waals surface area contributed by atoms with Gasteiger partial charge in [0.1, 0.15) is 13.2 Å². The van der Waals surface area contributed by atoms with Crippen molar-refractivity contribution in [3.63, 3.8) is 0 Å². The van der Waals surface area contributed by atoms with Crippen LogP contribution in [0.3, 0.4) is 0 Å². The number of nitrogens with one attached hydrogen (secondary N) is 2. The van der Waals surface area contributed by atoms with Crippen LogP contribution in [0.4, 0.5) is 11.4 Å². The van der Waals surface area contributed by atoms with Crippen LogP contribution in [0.15, 0.2) is 76.1 Å². The van der Waals surface area contributed by atoms with Crippen molar-refractivity contribution in [2.24, 2.45) is 0 Å². The van der Waals surface area contributed by atoms with Crippen LogP contribution >= 0.6 is 15.9 Å². The van der Waals surface area contributed by atoms with Crippen molar-refractivity contribution < 1.29 is 22.7 Å². The van der Waals surface area contributed by atoms with Gasteiger partial charge in [0.15, 0.2) is 11.5 Å². The van der Waals surface area contributed by atoms with Crippen LogP contribution in [-0.2, 0) is 10.0 Å². The number of amides is 1. The maximum atomic E-state index is 12.9. The number of hydrogen-bond donors (Lipinski definition) is 2. The molecule has 154 valence electrons. The second-order valence-electron chi connectivity index (χ2n) is 6.42. The van der Waals surface area contributed by atoms with Gasteiger partial charge in [-0.1, -0.05) is 34.1 Å². The van der Waals surface area contributed by atoms with Gasteiger partial charge in [-0.3, -0.25) is 9.52 Å². The summed E-state index contributed by atoms with van der Waals surface area (Å²) in [6.07, 6.45) is 0. The molecule has 3 aromatic carbocycles. The van der Waals surface area contributed by atoms with Crippen LogP contribution in [0.1, 0.15) is 10.4 Å². The van der Waals surface area contributed by atoms with Crippen LogP contribution in [-0.4, -0.2) is 27.5 Å². The largest absolute Gasteiger partial charge is 0.486 e. The third-order valence-electron chi connectivity index (χ3n) is 4.32. The second-order valence-corrected chi connectivity index (χ2v) is 9.02. The maximum Gasteiger partial charge on any atom is 0.261 e. The Morgan fingerprint density at radius 1 is 0.900 bits per heavy atom. The number of para-hydroxylation sites is 1. The summed E-state index contributed by atoms with van der Waals surface area (Å²) in [5.41, 5.74) is 0.868. The summed E-state index contributed by atoms with van der Waals surface area (Å²) in [6, 6.07) is 17.8. The highest BCUT2D eigenvalue weighted by molar-refractivity contribution is 9.10. The van der Waals surface area contributed by atoms with Crippen molar-refractivity contribution >= 4 is 43.2 Å². The molecule has 0 saturated carbocycles. The lowest BCUT2D eigenvalue weighted by Crippen LogP contribution is -2.19. The Labute approximate surface area is 182 Å². The van der Waals surface area contributed by atoms with Crippen molar-refractivity contribution in [2.45, 2.75) is 4.90 Å². The fourth-order valence-corrected chi connectivity index (χ4v) is 4.60. The number of fused-ring (bicyclic) bond motifs is 1. The van der Waals surface area contributed by atoms with Crippen molar-refractivity contribution in [2.75, 3.05) is 23.3 Å². The first kappa shape index (κ1) is 20.2. The second kappa shape index (κ2) is 8.37. The van der Waals surface area contributed by atoms with Crippen molar-refractivity contribution in [1.82, 2.24) is 0 Å². The number of benzene rings is 3. The van der Waals surface area contributed by atoms with Crippen LogP contribution in [0.25, 0.3) is 0 Å². The van der Waals surface area contributed by atoms with Crippen LogP contribution in [0.5, 0.6) is 11.5 Å². The molecule has 0 aromatic heterocycles. The Balaban J connectivity index is 1.58. The molecule has 1 aliphatic heterocycles. The van der Waals surface area contributed by atoms with Gasteiger partial charge in [0.05, 0.1) is 16.1 Å². The minimum Gasteiger partial charge on any atom is -0.486 e. The lowest BCUT2D eigenvalue weighted by Gasteiger charge is -2.19. The zero-order valence-electron chi connectivity index (χ0n) is 15.6. The van der Waals surface area contributed by atoms with Crippen molar-refractivity contribution in [3.05, 3.63) is 76.8 Å². The van der Waals surface area contributed by atoms with Gasteiger partial charge in [-0.15, -0.1) is 0 Å². The molecule has 0 spiro atoms. The lowest BCUT2D eigenvalue weighted by molar-refractivity contribution is 0.102. The summed E-state index contributed by atoms with van der Waals surface area (Å²) in [6.45, 7) is 0.912. The molecule has 0 bridgehead atoms. The van der Waals surface area contributed by atoms with Crippen molar-refractivity contribution in [1.29, 1.82) is 0 Å². The predicted molar refractivity (Wildman–Crippen MR) is 117 cm³/mol. The van der Waals surface area contributed by atoms with Crippen LogP contribution in [0, 0.1) is 0 Å². The van der Waals surface area contributed by atoms with E-state index < -0.39 is 15.9 Å². The molecule has 2 N–H and O–H groups in total. The van der Waals surface area contributed by atoms with Gasteiger partial charge in [0, 0.05) is 16.2 Å². The molecule has 9 heteroatoms. The van der Waals surface area contributed by atoms with E-state index in [9.17, 15) is 13.2 Å². The number of ether oxygens (including phenoxy) is 2. The third-order valence-corrected chi connectivity index (χ3v) is 6.18. The molecule has 0 saturated heterocycles. The first-order chi connectivity index (χ1) is 14.4. The highest BCUT2D eigenvalue weighted by Gasteiger charge is 2.20. The summed E-state index contributed by atoms with van der Waals surface area (Å²) in [5, 5.41) is 2.77. The van der Waals surface area contributed by atoms with Crippen LogP contribution < -0.4 is 19.5 Å². The van der Waals surface area contributed by atoms with Gasteiger partial charge < -0.3 is 14.8 Å². The molecule has 3 aromatic rings. The minimum atomic E-state index is -3.87. The van der Waals surface area contributed by atoms with Gasteiger partial charge >= 0.3 is 0 Å². The molecular formula is C21H17BrN2O5S. The molecule has 0 unspecified atom stereocenters. The molecule has 1 heterocycles. The first-order valence-corrected chi connectivity index (χ1v) is 11.3. The third kappa shape index (κ3) is 4.42. The number of anilines is 2. The molecule has 0 atom stereocenters. The molecule has 1 aliphatic rings. The Hall–Kier alpha value is -3.04. The van der Waals surface area contributed by atoms with E-state index in [1.54, 1.807) is 48.5 Å². The topological polar surface area (TPSA) is 93.7 Å². The quantitative estimate of drug-likeness (QED) is 0.559.